The molecule has 0 radical (unpaired) electrons. The van der Waals surface area contributed by atoms with Crippen molar-refractivity contribution in [1.29, 1.82) is 0 Å². The van der Waals surface area contributed by atoms with Gasteiger partial charge in [0.25, 0.3) is 0 Å². The summed E-state index contributed by atoms with van der Waals surface area (Å²) in [5.74, 6) is 0.894. The summed E-state index contributed by atoms with van der Waals surface area (Å²) in [6, 6.07) is 25.1. The molecular weight excluding hydrogens is 262 g/mol. The van der Waals surface area contributed by atoms with Gasteiger partial charge in [-0.2, -0.15) is 0 Å². The first kappa shape index (κ1) is 12.9. The van der Waals surface area contributed by atoms with Crippen LogP contribution >= 0.6 is 11.8 Å². The van der Waals surface area contributed by atoms with Crippen molar-refractivity contribution in [3.63, 3.8) is 0 Å². The molecule has 0 aliphatic rings. The maximum Gasteiger partial charge on any atom is 0.239 e. The van der Waals surface area contributed by atoms with Crippen molar-refractivity contribution in [3.8, 4) is 0 Å². The predicted molar refractivity (Wildman–Crippen MR) is 87.7 cm³/mol. The number of nitrogens with two attached hydrogens (primary N) is 1. The summed E-state index contributed by atoms with van der Waals surface area (Å²) in [6.07, 6.45) is 0. The molecule has 0 saturated heterocycles. The van der Waals surface area contributed by atoms with Crippen molar-refractivity contribution in [3.05, 3.63) is 83.9 Å². The molecule has 0 fully saturated rings. The molecule has 0 aliphatic heterocycles. The van der Waals surface area contributed by atoms with E-state index >= 15 is 0 Å². The van der Waals surface area contributed by atoms with E-state index < -0.39 is 0 Å². The lowest BCUT2D eigenvalue weighted by Crippen LogP contribution is -2.38. The summed E-state index contributed by atoms with van der Waals surface area (Å²) in [7, 11) is 0. The Hall–Kier alpha value is -2.06. The fourth-order valence-electron chi connectivity index (χ4n) is 2.18. The molecule has 3 aromatic rings. The Morgan fingerprint density at radius 3 is 2.30 bits per heavy atom. The zero-order chi connectivity index (χ0) is 13.8. The molecule has 0 aromatic heterocycles. The third-order valence-corrected chi connectivity index (χ3v) is 4.29. The van der Waals surface area contributed by atoms with Crippen molar-refractivity contribution in [1.82, 2.24) is 0 Å². The molecule has 3 aromatic carbocycles. The first-order chi connectivity index (χ1) is 9.83. The smallest absolute Gasteiger partial charge is 0.239 e. The second-order valence-corrected chi connectivity index (χ2v) is 5.72. The molecule has 1 nitrogen and oxygen atoms in total. The lowest BCUT2D eigenvalue weighted by Gasteiger charge is -2.03. The Labute approximate surface area is 123 Å². The van der Waals surface area contributed by atoms with Crippen LogP contribution in [0.25, 0.3) is 10.8 Å². The maximum atomic E-state index is 6.14. The Morgan fingerprint density at radius 2 is 1.50 bits per heavy atom. The number of benzene rings is 3. The first-order valence-electron chi connectivity index (χ1n) is 6.61. The normalized spacial score (nSPS) is 10.6. The SMILES string of the molecule is [NH2+]=C(SCc1ccc2ccccc2c1)c1ccccc1. The quantitative estimate of drug-likeness (QED) is 0.577. The summed E-state index contributed by atoms with van der Waals surface area (Å²) >= 11 is 1.69. The van der Waals surface area contributed by atoms with Gasteiger partial charge in [0, 0.05) is 5.75 Å². The van der Waals surface area contributed by atoms with Crippen molar-refractivity contribution in [2.45, 2.75) is 5.75 Å². The molecule has 98 valence electrons. The standard InChI is InChI=1S/C18H15NS/c19-18(16-7-2-1-3-8-16)20-13-14-10-11-15-6-4-5-9-17(15)12-14/h1-12,19H,13H2/p+1. The van der Waals surface area contributed by atoms with Gasteiger partial charge >= 0.3 is 0 Å². The number of fused-ring (bicyclic) bond motifs is 1. The van der Waals surface area contributed by atoms with Gasteiger partial charge in [0.1, 0.15) is 0 Å². The van der Waals surface area contributed by atoms with E-state index in [2.05, 4.69) is 42.5 Å². The zero-order valence-corrected chi connectivity index (χ0v) is 11.9. The lowest BCUT2D eigenvalue weighted by molar-refractivity contribution is -0.107. The van der Waals surface area contributed by atoms with E-state index in [1.54, 1.807) is 11.8 Å². The van der Waals surface area contributed by atoms with Gasteiger partial charge in [-0.25, -0.2) is 5.41 Å². The van der Waals surface area contributed by atoms with E-state index in [9.17, 15) is 0 Å². The summed E-state index contributed by atoms with van der Waals surface area (Å²) < 4.78 is 0. The third kappa shape index (κ3) is 2.91. The molecule has 0 saturated carbocycles. The highest BCUT2D eigenvalue weighted by Crippen LogP contribution is 2.20. The van der Waals surface area contributed by atoms with Crippen LogP contribution < -0.4 is 5.41 Å². The summed E-state index contributed by atoms with van der Waals surface area (Å²) in [5, 5.41) is 9.57. The first-order valence-corrected chi connectivity index (χ1v) is 7.60. The molecule has 0 spiro atoms. The average Bonchev–Trinajstić information content (AvgIpc) is 2.53. The lowest BCUT2D eigenvalue weighted by atomic mass is 10.1. The topological polar surface area (TPSA) is 25.6 Å². The van der Waals surface area contributed by atoms with Crippen LogP contribution in [0.2, 0.25) is 0 Å². The fourth-order valence-corrected chi connectivity index (χ4v) is 2.98. The number of thioether (sulfide) groups is 1. The van der Waals surface area contributed by atoms with Crippen LogP contribution in [-0.4, -0.2) is 5.04 Å². The highest BCUT2D eigenvalue weighted by Gasteiger charge is 2.07. The van der Waals surface area contributed by atoms with Crippen molar-refractivity contribution < 1.29 is 5.41 Å². The van der Waals surface area contributed by atoms with Gasteiger partial charge in [0.2, 0.25) is 5.04 Å². The molecule has 0 unspecified atom stereocenters. The Balaban J connectivity index is 1.72. The van der Waals surface area contributed by atoms with Crippen LogP contribution in [-0.2, 0) is 5.75 Å². The van der Waals surface area contributed by atoms with Crippen LogP contribution in [0.3, 0.4) is 0 Å². The minimum Gasteiger partial charge on any atom is -0.248 e. The Morgan fingerprint density at radius 1 is 0.800 bits per heavy atom. The number of rotatable bonds is 3. The predicted octanol–water partition coefficient (Wildman–Crippen LogP) is 3.28. The van der Waals surface area contributed by atoms with E-state index in [0.717, 1.165) is 16.4 Å². The fraction of sp³-hybridized carbons (Fsp3) is 0.0556. The maximum absolute atomic E-state index is 6.14. The van der Waals surface area contributed by atoms with Crippen LogP contribution in [0.4, 0.5) is 0 Å². The molecule has 2 heteroatoms. The second kappa shape index (κ2) is 5.93. The number of hydrogen-bond acceptors (Lipinski definition) is 1. The third-order valence-electron chi connectivity index (χ3n) is 3.27. The van der Waals surface area contributed by atoms with E-state index in [0.29, 0.717) is 0 Å². The second-order valence-electron chi connectivity index (χ2n) is 4.70. The molecule has 0 amide bonds. The van der Waals surface area contributed by atoms with Gasteiger partial charge in [0.15, 0.2) is 0 Å². The van der Waals surface area contributed by atoms with Crippen LogP contribution in [0.1, 0.15) is 11.1 Å². The van der Waals surface area contributed by atoms with Gasteiger partial charge in [-0.3, -0.25) is 0 Å². The highest BCUT2D eigenvalue weighted by atomic mass is 32.2. The minimum atomic E-state index is 0.874. The molecule has 2 N–H and O–H groups in total. The van der Waals surface area contributed by atoms with E-state index in [1.807, 2.05) is 30.3 Å². The van der Waals surface area contributed by atoms with Crippen molar-refractivity contribution >= 4 is 27.6 Å². The zero-order valence-electron chi connectivity index (χ0n) is 11.1. The van der Waals surface area contributed by atoms with E-state index in [4.69, 9.17) is 5.41 Å². The number of hydrogen-bond donors (Lipinski definition) is 1. The van der Waals surface area contributed by atoms with Crippen LogP contribution in [0.5, 0.6) is 0 Å². The molecule has 0 atom stereocenters. The van der Waals surface area contributed by atoms with Gasteiger partial charge < -0.3 is 0 Å². The summed E-state index contributed by atoms with van der Waals surface area (Å²) in [6.45, 7) is 0. The molecule has 3 rings (SSSR count). The van der Waals surface area contributed by atoms with Crippen LogP contribution in [0.15, 0.2) is 72.8 Å². The highest BCUT2D eigenvalue weighted by molar-refractivity contribution is 8.13. The van der Waals surface area contributed by atoms with E-state index in [1.165, 1.54) is 16.3 Å². The average molecular weight is 278 g/mol. The van der Waals surface area contributed by atoms with Gasteiger partial charge in [0.05, 0.1) is 5.56 Å². The van der Waals surface area contributed by atoms with Gasteiger partial charge in [-0.1, -0.05) is 72.4 Å². The summed E-state index contributed by atoms with van der Waals surface area (Å²) in [4.78, 5) is 0. The molecule has 0 bridgehead atoms. The monoisotopic (exact) mass is 278 g/mol. The van der Waals surface area contributed by atoms with Crippen molar-refractivity contribution in [2.24, 2.45) is 0 Å². The van der Waals surface area contributed by atoms with Gasteiger partial charge in [-0.15, -0.1) is 0 Å². The van der Waals surface area contributed by atoms with Crippen molar-refractivity contribution in [2.75, 3.05) is 0 Å². The Bertz CT molecular complexity index is 735. The Kier molecular flexibility index (Phi) is 3.84. The molecule has 20 heavy (non-hydrogen) atoms. The molecule has 0 aliphatic carbocycles. The van der Waals surface area contributed by atoms with Crippen LogP contribution in [0, 0.1) is 0 Å². The molecule has 0 heterocycles. The van der Waals surface area contributed by atoms with Gasteiger partial charge in [-0.05, 0) is 28.5 Å². The molecular formula is C18H16NS+. The minimum absolute atomic E-state index is 0.874. The summed E-state index contributed by atoms with van der Waals surface area (Å²) in [5.41, 5.74) is 2.39. The van der Waals surface area contributed by atoms with E-state index in [-0.39, 0.29) is 0 Å². The largest absolute Gasteiger partial charge is 0.248 e.